The first-order valence-corrected chi connectivity index (χ1v) is 7.78. The van der Waals surface area contributed by atoms with Crippen LogP contribution in [-0.4, -0.2) is 54.4 Å². The summed E-state index contributed by atoms with van der Waals surface area (Å²) in [5.41, 5.74) is 0. The van der Waals surface area contributed by atoms with E-state index < -0.39 is 5.97 Å². The second-order valence-electron chi connectivity index (χ2n) is 6.11. The Kier molecular flexibility index (Phi) is 7.50. The number of urea groups is 1. The normalized spacial score (nSPS) is 20.4. The zero-order valence-corrected chi connectivity index (χ0v) is 13.3. The largest absolute Gasteiger partial charge is 0.481 e. The smallest absolute Gasteiger partial charge is 0.317 e. The molecular weight excluding hydrogens is 272 g/mol. The summed E-state index contributed by atoms with van der Waals surface area (Å²) in [5.74, 6) is -0.418. The number of amides is 2. The Labute approximate surface area is 126 Å². The van der Waals surface area contributed by atoms with Crippen LogP contribution in [0.2, 0.25) is 0 Å². The average Bonchev–Trinajstić information content (AvgIpc) is 2.43. The van der Waals surface area contributed by atoms with Gasteiger partial charge in [-0.25, -0.2) is 4.79 Å². The van der Waals surface area contributed by atoms with Gasteiger partial charge in [-0.1, -0.05) is 20.8 Å². The second kappa shape index (κ2) is 8.87. The molecule has 0 aromatic rings. The average molecular weight is 300 g/mol. The van der Waals surface area contributed by atoms with Gasteiger partial charge in [0.25, 0.3) is 0 Å². The molecule has 2 atom stereocenters. The molecule has 0 aromatic carbocycles. The van der Waals surface area contributed by atoms with Crippen LogP contribution in [0.5, 0.6) is 0 Å². The molecule has 1 heterocycles. The van der Waals surface area contributed by atoms with E-state index in [9.17, 15) is 9.59 Å². The third-order valence-electron chi connectivity index (χ3n) is 3.77. The van der Waals surface area contributed by atoms with Crippen LogP contribution in [0.3, 0.4) is 0 Å². The summed E-state index contributed by atoms with van der Waals surface area (Å²) < 4.78 is 5.38. The quantitative estimate of drug-likeness (QED) is 0.753. The molecule has 1 aliphatic heterocycles. The van der Waals surface area contributed by atoms with Crippen LogP contribution in [-0.2, 0) is 9.53 Å². The Bertz CT molecular complexity index is 347. The molecule has 122 valence electrons. The van der Waals surface area contributed by atoms with E-state index in [-0.39, 0.29) is 24.4 Å². The molecule has 6 heteroatoms. The van der Waals surface area contributed by atoms with Crippen molar-refractivity contribution in [3.8, 4) is 0 Å². The number of morpholine rings is 1. The van der Waals surface area contributed by atoms with Crippen LogP contribution in [0.15, 0.2) is 0 Å². The monoisotopic (exact) mass is 300 g/mol. The van der Waals surface area contributed by atoms with Gasteiger partial charge in [-0.05, 0) is 24.7 Å². The number of aliphatic carboxylic acids is 1. The molecule has 0 saturated carbocycles. The van der Waals surface area contributed by atoms with Crippen LogP contribution in [0.1, 0.15) is 40.0 Å². The minimum absolute atomic E-state index is 0.0208. The molecule has 0 bridgehead atoms. The van der Waals surface area contributed by atoms with Crippen molar-refractivity contribution in [1.29, 1.82) is 0 Å². The summed E-state index contributed by atoms with van der Waals surface area (Å²) in [5, 5.41) is 11.8. The maximum absolute atomic E-state index is 12.3. The lowest BCUT2D eigenvalue weighted by atomic mass is 9.94. The van der Waals surface area contributed by atoms with Gasteiger partial charge >= 0.3 is 12.0 Å². The van der Waals surface area contributed by atoms with E-state index in [1.165, 1.54) is 0 Å². The number of hydrogen-bond acceptors (Lipinski definition) is 3. The molecule has 2 amide bonds. The van der Waals surface area contributed by atoms with E-state index in [4.69, 9.17) is 9.84 Å². The van der Waals surface area contributed by atoms with Crippen molar-refractivity contribution in [1.82, 2.24) is 10.2 Å². The maximum atomic E-state index is 12.3. The van der Waals surface area contributed by atoms with Crippen molar-refractivity contribution in [2.24, 2.45) is 11.8 Å². The molecule has 0 aliphatic carbocycles. The first-order chi connectivity index (χ1) is 9.93. The van der Waals surface area contributed by atoms with Gasteiger partial charge in [0, 0.05) is 19.5 Å². The number of carboxylic acids is 1. The number of rotatable bonds is 7. The van der Waals surface area contributed by atoms with E-state index in [0.717, 1.165) is 12.8 Å². The zero-order chi connectivity index (χ0) is 15.8. The zero-order valence-electron chi connectivity index (χ0n) is 13.3. The highest BCUT2D eigenvalue weighted by Gasteiger charge is 2.26. The number of carboxylic acid groups (broad SMARTS) is 1. The molecular formula is C15H28N2O4. The SMILES string of the molecule is CCC1COCCN1C(=O)NC[C@H](CC(=O)O)CC(C)C. The van der Waals surface area contributed by atoms with Crippen LogP contribution < -0.4 is 5.32 Å². The highest BCUT2D eigenvalue weighted by Crippen LogP contribution is 2.15. The molecule has 1 unspecified atom stereocenters. The fourth-order valence-corrected chi connectivity index (χ4v) is 2.75. The standard InChI is InChI=1S/C15H28N2O4/c1-4-13-10-21-6-5-17(13)15(20)16-9-12(7-11(2)3)8-14(18)19/h11-13H,4-10H2,1-3H3,(H,16,20)(H,18,19)/t12-,13?/m0/s1. The fraction of sp³-hybridized carbons (Fsp3) is 0.867. The van der Waals surface area contributed by atoms with E-state index in [0.29, 0.717) is 32.2 Å². The number of nitrogens with one attached hydrogen (secondary N) is 1. The minimum Gasteiger partial charge on any atom is -0.481 e. The van der Waals surface area contributed by atoms with Gasteiger partial charge in [0.1, 0.15) is 0 Å². The Hall–Kier alpha value is -1.30. The van der Waals surface area contributed by atoms with Gasteiger partial charge in [0.15, 0.2) is 0 Å². The molecule has 0 spiro atoms. The van der Waals surface area contributed by atoms with E-state index in [2.05, 4.69) is 19.2 Å². The molecule has 0 aromatic heterocycles. The molecule has 1 saturated heterocycles. The molecule has 21 heavy (non-hydrogen) atoms. The van der Waals surface area contributed by atoms with Crippen LogP contribution in [0, 0.1) is 11.8 Å². The summed E-state index contributed by atoms with van der Waals surface area (Å²) in [4.78, 5) is 25.0. The number of hydrogen-bond donors (Lipinski definition) is 2. The molecule has 1 fully saturated rings. The highest BCUT2D eigenvalue weighted by molar-refractivity contribution is 5.74. The first kappa shape index (κ1) is 17.8. The topological polar surface area (TPSA) is 78.9 Å². The number of nitrogens with zero attached hydrogens (tertiary/aromatic N) is 1. The van der Waals surface area contributed by atoms with E-state index in [1.54, 1.807) is 4.90 Å². The molecule has 0 radical (unpaired) electrons. The summed E-state index contributed by atoms with van der Waals surface area (Å²) in [6.07, 6.45) is 1.75. The molecule has 2 N–H and O–H groups in total. The van der Waals surface area contributed by atoms with Crippen molar-refractivity contribution in [2.45, 2.75) is 46.1 Å². The van der Waals surface area contributed by atoms with Crippen molar-refractivity contribution in [3.63, 3.8) is 0 Å². The van der Waals surface area contributed by atoms with Crippen LogP contribution in [0.4, 0.5) is 4.79 Å². The maximum Gasteiger partial charge on any atom is 0.317 e. The molecule has 1 rings (SSSR count). The van der Waals surface area contributed by atoms with Gasteiger partial charge in [-0.3, -0.25) is 4.79 Å². The van der Waals surface area contributed by atoms with Crippen molar-refractivity contribution in [3.05, 3.63) is 0 Å². The lowest BCUT2D eigenvalue weighted by molar-refractivity contribution is -0.138. The fourth-order valence-electron chi connectivity index (χ4n) is 2.75. The van der Waals surface area contributed by atoms with Crippen LogP contribution >= 0.6 is 0 Å². The summed E-state index contributed by atoms with van der Waals surface area (Å²) in [6, 6.07) is 0.00562. The summed E-state index contributed by atoms with van der Waals surface area (Å²) >= 11 is 0. The Morgan fingerprint density at radius 2 is 2.14 bits per heavy atom. The predicted octanol–water partition coefficient (Wildman–Crippen LogP) is 1.94. The summed E-state index contributed by atoms with van der Waals surface area (Å²) in [7, 11) is 0. The van der Waals surface area contributed by atoms with Crippen molar-refractivity contribution in [2.75, 3.05) is 26.3 Å². The van der Waals surface area contributed by atoms with Crippen molar-refractivity contribution < 1.29 is 19.4 Å². The van der Waals surface area contributed by atoms with E-state index >= 15 is 0 Å². The Balaban J connectivity index is 2.49. The second-order valence-corrected chi connectivity index (χ2v) is 6.11. The minimum atomic E-state index is -0.812. The third kappa shape index (κ3) is 6.33. The van der Waals surface area contributed by atoms with Gasteiger partial charge in [0.2, 0.25) is 0 Å². The van der Waals surface area contributed by atoms with Crippen LogP contribution in [0.25, 0.3) is 0 Å². The number of carbonyl (C=O) groups excluding carboxylic acids is 1. The van der Waals surface area contributed by atoms with Gasteiger partial charge in [0.05, 0.1) is 19.3 Å². The molecule has 6 nitrogen and oxygen atoms in total. The number of ether oxygens (including phenoxy) is 1. The third-order valence-corrected chi connectivity index (χ3v) is 3.77. The highest BCUT2D eigenvalue weighted by atomic mass is 16.5. The lowest BCUT2D eigenvalue weighted by Gasteiger charge is -2.35. The van der Waals surface area contributed by atoms with Gasteiger partial charge < -0.3 is 20.1 Å². The van der Waals surface area contributed by atoms with Crippen molar-refractivity contribution >= 4 is 12.0 Å². The van der Waals surface area contributed by atoms with Gasteiger partial charge in [-0.15, -0.1) is 0 Å². The van der Waals surface area contributed by atoms with E-state index in [1.807, 2.05) is 6.92 Å². The predicted molar refractivity (Wildman–Crippen MR) is 80.2 cm³/mol. The first-order valence-electron chi connectivity index (χ1n) is 7.78. The Morgan fingerprint density at radius 1 is 1.43 bits per heavy atom. The molecule has 1 aliphatic rings. The number of carbonyl (C=O) groups is 2. The summed E-state index contributed by atoms with van der Waals surface area (Å²) in [6.45, 7) is 8.31. The van der Waals surface area contributed by atoms with Gasteiger partial charge in [-0.2, -0.15) is 0 Å². The lowest BCUT2D eigenvalue weighted by Crippen LogP contribution is -2.52. The Morgan fingerprint density at radius 3 is 2.71 bits per heavy atom.